The quantitative estimate of drug-likeness (QED) is 0.162. The molecule has 1 saturated heterocycles. The van der Waals surface area contributed by atoms with Crippen molar-refractivity contribution in [2.75, 3.05) is 6.54 Å². The van der Waals surface area contributed by atoms with Crippen LogP contribution in [0.1, 0.15) is 77.6 Å². The minimum Gasteiger partial charge on any atom is -0.472 e. The molecule has 0 radical (unpaired) electrons. The number of alkyl halides is 3. The van der Waals surface area contributed by atoms with E-state index in [0.717, 1.165) is 0 Å². The maximum absolute atomic E-state index is 14.5. The Hall–Kier alpha value is -4.44. The molecule has 0 spiro atoms. The molecular formula is C40H43F4N3O8S. The van der Waals surface area contributed by atoms with Crippen molar-refractivity contribution >= 4 is 55.1 Å². The van der Waals surface area contributed by atoms with E-state index in [9.17, 15) is 50.3 Å². The lowest BCUT2D eigenvalue weighted by molar-refractivity contribution is -0.204. The van der Waals surface area contributed by atoms with Crippen molar-refractivity contribution in [2.24, 2.45) is 17.3 Å². The Bertz CT molecular complexity index is 2230. The number of hydrogen-bond donors (Lipinski definition) is 2. The maximum Gasteiger partial charge on any atom is 0.421 e. The van der Waals surface area contributed by atoms with Gasteiger partial charge in [0.05, 0.1) is 28.3 Å². The number of aliphatic hydroxyl groups excluding tert-OH is 1. The van der Waals surface area contributed by atoms with Gasteiger partial charge in [0, 0.05) is 42.0 Å². The van der Waals surface area contributed by atoms with Crippen molar-refractivity contribution in [3.8, 4) is 5.88 Å². The summed E-state index contributed by atoms with van der Waals surface area (Å²) in [6.45, 7) is 1.29. The fourth-order valence-corrected chi connectivity index (χ4v) is 9.44. The monoisotopic (exact) mass is 801 g/mol. The summed E-state index contributed by atoms with van der Waals surface area (Å²) in [4.78, 5) is 61.2. The number of amides is 2. The number of aliphatic hydroxyl groups is 1. The van der Waals surface area contributed by atoms with Crippen molar-refractivity contribution in [3.05, 3.63) is 60.4 Å². The first-order chi connectivity index (χ1) is 26.4. The molecule has 0 bridgehead atoms. The van der Waals surface area contributed by atoms with E-state index in [1.54, 1.807) is 30.3 Å². The van der Waals surface area contributed by atoms with E-state index in [2.05, 4.69) is 9.71 Å². The number of Topliss-reactive ketones (excluding diaryl/α,β-unsaturated/α-hetero) is 2. The molecule has 0 unspecified atom stereocenters. The predicted octanol–water partition coefficient (Wildman–Crippen LogP) is 5.86. The summed E-state index contributed by atoms with van der Waals surface area (Å²) in [5.41, 5.74) is -1.14. The summed E-state index contributed by atoms with van der Waals surface area (Å²) >= 11 is 0. The third-order valence-corrected chi connectivity index (χ3v) is 14.1. The van der Waals surface area contributed by atoms with Crippen molar-refractivity contribution < 1.29 is 55.0 Å². The number of hydrogen-bond acceptors (Lipinski definition) is 9. The van der Waals surface area contributed by atoms with E-state index >= 15 is 0 Å². The minimum atomic E-state index is -5.24. The number of halogens is 4. The first-order valence-electron chi connectivity index (χ1n) is 18.9. The van der Waals surface area contributed by atoms with E-state index in [-0.39, 0.29) is 37.2 Å². The van der Waals surface area contributed by atoms with Crippen LogP contribution in [-0.4, -0.2) is 82.5 Å². The lowest BCUT2D eigenvalue weighted by atomic mass is 9.90. The van der Waals surface area contributed by atoms with Gasteiger partial charge >= 0.3 is 6.18 Å². The van der Waals surface area contributed by atoms with Gasteiger partial charge in [0.1, 0.15) is 11.9 Å². The van der Waals surface area contributed by atoms with Crippen LogP contribution in [0.3, 0.4) is 0 Å². The highest BCUT2D eigenvalue weighted by molar-refractivity contribution is 7.91. The van der Waals surface area contributed by atoms with Crippen molar-refractivity contribution in [1.29, 1.82) is 0 Å². The van der Waals surface area contributed by atoms with Crippen LogP contribution in [0.25, 0.3) is 21.7 Å². The number of nitrogens with one attached hydrogen (secondary N) is 1. The Labute approximate surface area is 320 Å². The summed E-state index contributed by atoms with van der Waals surface area (Å²) in [6, 6.07) is 9.97. The van der Waals surface area contributed by atoms with Crippen LogP contribution in [0, 0.1) is 23.1 Å². The fourth-order valence-electron chi connectivity index (χ4n) is 8.10. The molecule has 1 aromatic heterocycles. The van der Waals surface area contributed by atoms with Crippen LogP contribution >= 0.6 is 0 Å². The molecule has 56 heavy (non-hydrogen) atoms. The average Bonchev–Trinajstić information content (AvgIpc) is 4.02. The molecule has 6 atom stereocenters. The van der Waals surface area contributed by atoms with Crippen LogP contribution < -0.4 is 9.46 Å². The van der Waals surface area contributed by atoms with Gasteiger partial charge in [-0.15, -0.1) is 0 Å². The molecule has 2 aliphatic carbocycles. The van der Waals surface area contributed by atoms with Gasteiger partial charge in [0.25, 0.3) is 0 Å². The molecule has 3 aromatic rings. The third kappa shape index (κ3) is 7.78. The van der Waals surface area contributed by atoms with Gasteiger partial charge in [-0.1, -0.05) is 43.2 Å². The molecular weight excluding hydrogens is 759 g/mol. The van der Waals surface area contributed by atoms with Crippen LogP contribution in [0.15, 0.2) is 54.6 Å². The molecule has 2 aromatic carbocycles. The largest absolute Gasteiger partial charge is 0.472 e. The molecule has 300 valence electrons. The highest BCUT2D eigenvalue weighted by Gasteiger charge is 2.62. The summed E-state index contributed by atoms with van der Waals surface area (Å²) in [5, 5.41) is 11.7. The third-order valence-electron chi connectivity index (χ3n) is 11.9. The van der Waals surface area contributed by atoms with Gasteiger partial charge in [-0.2, -0.15) is 13.2 Å². The number of ketones is 2. The number of allylic oxidation sites excluding steroid dienone is 2. The normalized spacial score (nSPS) is 28.1. The minimum absolute atomic E-state index is 0.00975. The molecule has 7 rings (SSSR count). The van der Waals surface area contributed by atoms with Crippen LogP contribution in [0.4, 0.5) is 17.6 Å². The van der Waals surface area contributed by atoms with Gasteiger partial charge in [0.15, 0.2) is 11.6 Å². The van der Waals surface area contributed by atoms with E-state index in [1.165, 1.54) is 24.0 Å². The molecule has 2 aliphatic heterocycles. The topological polar surface area (TPSA) is 160 Å². The summed E-state index contributed by atoms with van der Waals surface area (Å²) in [6.07, 6.45) is -4.23. The van der Waals surface area contributed by atoms with Crippen LogP contribution in [0.5, 0.6) is 5.88 Å². The van der Waals surface area contributed by atoms with E-state index < -0.39 is 98.5 Å². The zero-order valence-corrected chi connectivity index (χ0v) is 31.5. The van der Waals surface area contributed by atoms with Crippen molar-refractivity contribution in [2.45, 2.75) is 107 Å². The molecule has 4 aliphatic rings. The van der Waals surface area contributed by atoms with E-state index in [1.807, 2.05) is 12.1 Å². The number of benzene rings is 2. The molecule has 3 heterocycles. The molecule has 2 amide bonds. The highest BCUT2D eigenvalue weighted by Crippen LogP contribution is 2.57. The molecule has 16 heteroatoms. The number of aromatic nitrogens is 1. The Balaban J connectivity index is 1.23. The van der Waals surface area contributed by atoms with Gasteiger partial charge in [-0.25, -0.2) is 17.8 Å². The van der Waals surface area contributed by atoms with Gasteiger partial charge in [0.2, 0.25) is 33.8 Å². The number of pyridine rings is 1. The maximum atomic E-state index is 14.5. The average molecular weight is 802 g/mol. The Morgan fingerprint density at radius 2 is 1.80 bits per heavy atom. The second-order valence-corrected chi connectivity index (χ2v) is 18.2. The standard InChI is InChI=1S/C40H43F4N3O8S/c1-38(15-16-38)56(53,54)46-37(52)39-20-24(39)10-6-4-2-3-5-9-23(17-32(48)34(50)40(42,43)44)36(51)47-22-26(19-31(47)33(49)21-39)55-35-29-12-8-7-11-27(29)28-14-13-25(41)18-30(28)45-35/h6-8,10-14,18,23-24,26,31,34,50H,2-5,9,15-17,19-22H2,1H3,(H,46,52)/b10-6-/t23-,24-,26-,31+,34+,39-/m1/s1. The zero-order valence-electron chi connectivity index (χ0n) is 30.7. The predicted molar refractivity (Wildman–Crippen MR) is 196 cm³/mol. The summed E-state index contributed by atoms with van der Waals surface area (Å²) in [5.74, 6) is -5.97. The number of carbonyl (C=O) groups is 4. The van der Waals surface area contributed by atoms with Crippen molar-refractivity contribution in [3.63, 3.8) is 0 Å². The highest BCUT2D eigenvalue weighted by atomic mass is 32.2. The lowest BCUT2D eigenvalue weighted by Crippen LogP contribution is -2.47. The van der Waals surface area contributed by atoms with E-state index in [0.29, 0.717) is 54.7 Å². The van der Waals surface area contributed by atoms with Crippen LogP contribution in [-0.2, 0) is 29.2 Å². The lowest BCUT2D eigenvalue weighted by Gasteiger charge is -2.29. The summed E-state index contributed by atoms with van der Waals surface area (Å²) < 4.78 is 88.2. The molecule has 11 nitrogen and oxygen atoms in total. The second kappa shape index (κ2) is 14.8. The molecule has 2 saturated carbocycles. The number of nitrogens with zero attached hydrogens (tertiary/aromatic N) is 2. The Morgan fingerprint density at radius 1 is 1.07 bits per heavy atom. The number of sulfonamides is 1. The number of carbonyl (C=O) groups excluding carboxylic acids is 4. The Kier molecular flexibility index (Phi) is 10.5. The van der Waals surface area contributed by atoms with Crippen molar-refractivity contribution in [1.82, 2.24) is 14.6 Å². The van der Waals surface area contributed by atoms with Crippen LogP contribution in [0.2, 0.25) is 0 Å². The zero-order chi connectivity index (χ0) is 40.2. The van der Waals surface area contributed by atoms with Gasteiger partial charge in [-0.05, 0) is 75.0 Å². The smallest absolute Gasteiger partial charge is 0.421 e. The first-order valence-corrected chi connectivity index (χ1v) is 20.4. The molecule has 2 N–H and O–H groups in total. The SMILES string of the molecule is CC1(S(=O)(=O)NC(=O)[C@]23CC(=O)[C@@H]4C[C@@H](Oc5nc6cc(F)ccc6c6ccccc56)CN4C(=O)[C@@H](CC(=O)[C@H](O)C(F)(F)F)CCCCC/C=C\[C@@H]2C3)CC1. The first kappa shape index (κ1) is 39.8. The number of ether oxygens (including phenoxy) is 1. The van der Waals surface area contributed by atoms with E-state index in [4.69, 9.17) is 4.74 Å². The molecule has 3 fully saturated rings. The fraction of sp³-hybridized carbons (Fsp3) is 0.525. The van der Waals surface area contributed by atoms with Gasteiger partial charge < -0.3 is 14.7 Å². The summed E-state index contributed by atoms with van der Waals surface area (Å²) in [7, 11) is -4.05. The Morgan fingerprint density at radius 3 is 2.52 bits per heavy atom. The van der Waals surface area contributed by atoms with Gasteiger partial charge in [-0.3, -0.25) is 23.9 Å². The second-order valence-electron chi connectivity index (χ2n) is 16.0. The number of rotatable bonds is 8. The number of fused-ring (bicyclic) bond motifs is 5.